The number of hydrogen-bond donors (Lipinski definition) is 4. The SMILES string of the molecule is O=C(Nc1cccnc1)c1ccc2[nH]c3c(c2c1)/C(=N/O)CCNC3=O. The van der Waals surface area contributed by atoms with E-state index in [1.807, 2.05) is 0 Å². The molecule has 8 nitrogen and oxygen atoms in total. The van der Waals surface area contributed by atoms with Crippen LogP contribution in [0.4, 0.5) is 5.69 Å². The van der Waals surface area contributed by atoms with Crippen LogP contribution >= 0.6 is 0 Å². The third kappa shape index (κ3) is 2.67. The van der Waals surface area contributed by atoms with Crippen molar-refractivity contribution < 1.29 is 14.8 Å². The molecule has 0 atom stereocenters. The Morgan fingerprint density at radius 2 is 2.19 bits per heavy atom. The molecule has 8 heteroatoms. The number of amides is 2. The largest absolute Gasteiger partial charge is 0.411 e. The van der Waals surface area contributed by atoms with Gasteiger partial charge in [-0.05, 0) is 30.3 Å². The van der Waals surface area contributed by atoms with Crippen molar-refractivity contribution in [1.29, 1.82) is 0 Å². The van der Waals surface area contributed by atoms with Crippen molar-refractivity contribution in [2.24, 2.45) is 5.16 Å². The van der Waals surface area contributed by atoms with Gasteiger partial charge in [0.15, 0.2) is 0 Å². The van der Waals surface area contributed by atoms with Gasteiger partial charge in [0.1, 0.15) is 5.69 Å². The summed E-state index contributed by atoms with van der Waals surface area (Å²) in [6.45, 7) is 0.378. The monoisotopic (exact) mass is 349 g/mol. The van der Waals surface area contributed by atoms with Crippen molar-refractivity contribution in [3.05, 3.63) is 59.5 Å². The quantitative estimate of drug-likeness (QED) is 0.418. The Morgan fingerprint density at radius 3 is 2.96 bits per heavy atom. The second-order valence-electron chi connectivity index (χ2n) is 5.88. The molecule has 4 N–H and O–H groups in total. The summed E-state index contributed by atoms with van der Waals surface area (Å²) >= 11 is 0. The van der Waals surface area contributed by atoms with Gasteiger partial charge in [-0.1, -0.05) is 5.16 Å². The van der Waals surface area contributed by atoms with E-state index in [0.29, 0.717) is 52.1 Å². The van der Waals surface area contributed by atoms with Gasteiger partial charge in [0.05, 0.1) is 17.6 Å². The number of oxime groups is 1. The number of aromatic nitrogens is 2. The number of aromatic amines is 1. The van der Waals surface area contributed by atoms with Gasteiger partial charge in [0.2, 0.25) is 0 Å². The number of nitrogens with one attached hydrogen (secondary N) is 3. The summed E-state index contributed by atoms with van der Waals surface area (Å²) in [7, 11) is 0. The van der Waals surface area contributed by atoms with Crippen LogP contribution in [0.15, 0.2) is 47.9 Å². The summed E-state index contributed by atoms with van der Waals surface area (Å²) in [5.41, 5.74) is 2.94. The zero-order valence-electron chi connectivity index (χ0n) is 13.6. The minimum atomic E-state index is -0.296. The van der Waals surface area contributed by atoms with Crippen molar-refractivity contribution in [3.63, 3.8) is 0 Å². The highest BCUT2D eigenvalue weighted by molar-refractivity contribution is 6.20. The Balaban J connectivity index is 1.79. The molecule has 0 saturated carbocycles. The van der Waals surface area contributed by atoms with E-state index in [1.54, 1.807) is 42.7 Å². The van der Waals surface area contributed by atoms with Gasteiger partial charge in [-0.3, -0.25) is 14.6 Å². The van der Waals surface area contributed by atoms with Crippen LogP contribution in [0, 0.1) is 0 Å². The second kappa shape index (κ2) is 6.32. The topological polar surface area (TPSA) is 119 Å². The summed E-state index contributed by atoms with van der Waals surface area (Å²) in [5, 5.41) is 18.9. The van der Waals surface area contributed by atoms with E-state index in [2.05, 4.69) is 25.8 Å². The molecule has 2 amide bonds. The fourth-order valence-corrected chi connectivity index (χ4v) is 3.05. The molecule has 1 aromatic carbocycles. The lowest BCUT2D eigenvalue weighted by Crippen LogP contribution is -2.23. The van der Waals surface area contributed by atoms with E-state index in [1.165, 1.54) is 0 Å². The first kappa shape index (κ1) is 15.8. The Hall–Kier alpha value is -3.68. The van der Waals surface area contributed by atoms with Gasteiger partial charge in [0, 0.05) is 41.2 Å². The van der Waals surface area contributed by atoms with Crippen LogP contribution in [0.3, 0.4) is 0 Å². The van der Waals surface area contributed by atoms with Gasteiger partial charge in [-0.25, -0.2) is 0 Å². The molecule has 0 fully saturated rings. The summed E-state index contributed by atoms with van der Waals surface area (Å²) in [5.74, 6) is -0.563. The van der Waals surface area contributed by atoms with Crippen LogP contribution in [0.1, 0.15) is 32.8 Å². The number of hydrogen-bond acceptors (Lipinski definition) is 5. The zero-order chi connectivity index (χ0) is 18.1. The van der Waals surface area contributed by atoms with Crippen LogP contribution in [0.2, 0.25) is 0 Å². The minimum absolute atomic E-state index is 0.267. The van der Waals surface area contributed by atoms with Gasteiger partial charge in [-0.2, -0.15) is 0 Å². The average Bonchev–Trinajstić information content (AvgIpc) is 2.97. The molecule has 0 saturated heterocycles. The lowest BCUT2D eigenvalue weighted by molar-refractivity contribution is 0.0951. The first-order valence-electron chi connectivity index (χ1n) is 8.04. The molecule has 4 rings (SSSR count). The molecule has 3 heterocycles. The molecule has 1 aliphatic heterocycles. The van der Waals surface area contributed by atoms with E-state index >= 15 is 0 Å². The third-order valence-corrected chi connectivity index (χ3v) is 4.26. The molecule has 0 radical (unpaired) electrons. The predicted molar refractivity (Wildman–Crippen MR) is 95.8 cm³/mol. The standard InChI is InChI=1S/C18H15N5O3/c24-17(21-11-2-1-6-19-9-11)10-3-4-13-12(8-10)15-14(23-26)5-7-20-18(25)16(15)22-13/h1-4,6,8-9,22,26H,5,7H2,(H,20,25)(H,21,24)/b23-14+. The van der Waals surface area contributed by atoms with E-state index in [4.69, 9.17) is 0 Å². The molecule has 2 aromatic heterocycles. The number of carbonyl (C=O) groups is 2. The Morgan fingerprint density at radius 1 is 1.31 bits per heavy atom. The molecule has 3 aromatic rings. The first-order valence-corrected chi connectivity index (χ1v) is 8.04. The van der Waals surface area contributed by atoms with Crippen LogP contribution in [-0.4, -0.2) is 39.2 Å². The molecule has 26 heavy (non-hydrogen) atoms. The number of rotatable bonds is 2. The number of benzene rings is 1. The molecule has 0 spiro atoms. The van der Waals surface area contributed by atoms with Crippen LogP contribution in [0.25, 0.3) is 10.9 Å². The first-order chi connectivity index (χ1) is 12.7. The van der Waals surface area contributed by atoms with E-state index in [-0.39, 0.29) is 11.8 Å². The smallest absolute Gasteiger partial charge is 0.268 e. The maximum atomic E-state index is 12.5. The fourth-order valence-electron chi connectivity index (χ4n) is 3.05. The summed E-state index contributed by atoms with van der Waals surface area (Å²) in [6.07, 6.45) is 3.57. The highest BCUT2D eigenvalue weighted by Crippen LogP contribution is 2.27. The number of pyridine rings is 1. The average molecular weight is 349 g/mol. The molecule has 0 unspecified atom stereocenters. The Labute approximate surface area is 147 Å². The second-order valence-corrected chi connectivity index (χ2v) is 5.88. The molecule has 0 aliphatic carbocycles. The number of H-pyrrole nitrogens is 1. The molecular formula is C18H15N5O3. The van der Waals surface area contributed by atoms with Crippen molar-refractivity contribution in [3.8, 4) is 0 Å². The third-order valence-electron chi connectivity index (χ3n) is 4.26. The lowest BCUT2D eigenvalue weighted by atomic mass is 10.0. The molecule has 0 bridgehead atoms. The van der Waals surface area contributed by atoms with Crippen LogP contribution < -0.4 is 10.6 Å². The van der Waals surface area contributed by atoms with Gasteiger partial charge in [0.25, 0.3) is 11.8 Å². The van der Waals surface area contributed by atoms with Gasteiger partial charge >= 0.3 is 0 Å². The van der Waals surface area contributed by atoms with Crippen molar-refractivity contribution in [2.45, 2.75) is 6.42 Å². The van der Waals surface area contributed by atoms with E-state index < -0.39 is 0 Å². The highest BCUT2D eigenvalue weighted by Gasteiger charge is 2.25. The minimum Gasteiger partial charge on any atom is -0.411 e. The number of anilines is 1. The van der Waals surface area contributed by atoms with E-state index in [9.17, 15) is 14.8 Å². The maximum Gasteiger partial charge on any atom is 0.268 e. The van der Waals surface area contributed by atoms with Crippen molar-refractivity contribution in [2.75, 3.05) is 11.9 Å². The summed E-state index contributed by atoms with van der Waals surface area (Å²) < 4.78 is 0. The van der Waals surface area contributed by atoms with Crippen molar-refractivity contribution in [1.82, 2.24) is 15.3 Å². The molecule has 130 valence electrons. The number of fused-ring (bicyclic) bond motifs is 3. The Bertz CT molecular complexity index is 1040. The van der Waals surface area contributed by atoms with Crippen LogP contribution in [0.5, 0.6) is 0 Å². The highest BCUT2D eigenvalue weighted by atomic mass is 16.4. The molecule has 1 aliphatic rings. The van der Waals surface area contributed by atoms with E-state index in [0.717, 1.165) is 0 Å². The van der Waals surface area contributed by atoms with Gasteiger partial charge in [-0.15, -0.1) is 0 Å². The van der Waals surface area contributed by atoms with Crippen LogP contribution in [-0.2, 0) is 0 Å². The maximum absolute atomic E-state index is 12.5. The van der Waals surface area contributed by atoms with Crippen molar-refractivity contribution >= 4 is 34.1 Å². The Kier molecular flexibility index (Phi) is 3.85. The predicted octanol–water partition coefficient (Wildman–Crippen LogP) is 2.13. The fraction of sp³-hybridized carbons (Fsp3) is 0.111. The summed E-state index contributed by atoms with van der Waals surface area (Å²) in [4.78, 5) is 31.8. The molecular weight excluding hydrogens is 334 g/mol. The number of carbonyl (C=O) groups excluding carboxylic acids is 2. The normalized spacial score (nSPS) is 15.4. The summed E-state index contributed by atoms with van der Waals surface area (Å²) in [6, 6.07) is 8.54. The lowest BCUT2D eigenvalue weighted by Gasteiger charge is -2.06. The number of nitrogens with zero attached hydrogens (tertiary/aromatic N) is 2. The van der Waals surface area contributed by atoms with Gasteiger partial charge < -0.3 is 20.8 Å². The zero-order valence-corrected chi connectivity index (χ0v) is 13.6.